The molecule has 1 aliphatic carbocycles. The van der Waals surface area contributed by atoms with Crippen molar-refractivity contribution in [2.45, 2.75) is 64.4 Å². The Bertz CT molecular complexity index is 351. The van der Waals surface area contributed by atoms with E-state index < -0.39 is 0 Å². The van der Waals surface area contributed by atoms with E-state index in [0.717, 1.165) is 18.2 Å². The summed E-state index contributed by atoms with van der Waals surface area (Å²) in [6.45, 7) is 4.19. The van der Waals surface area contributed by atoms with Gasteiger partial charge in [-0.25, -0.2) is 0 Å². The quantitative estimate of drug-likeness (QED) is 0.856. The van der Waals surface area contributed by atoms with Crippen molar-refractivity contribution in [3.63, 3.8) is 0 Å². The third kappa shape index (κ3) is 3.06. The lowest BCUT2D eigenvalue weighted by atomic mass is 10.0. The second-order valence-electron chi connectivity index (χ2n) is 5.10. The Morgan fingerprint density at radius 1 is 1.41 bits per heavy atom. The Labute approximate surface area is 102 Å². The van der Waals surface area contributed by atoms with Gasteiger partial charge >= 0.3 is 0 Å². The number of aliphatic hydroxyl groups excluding tert-OH is 1. The Hall–Kier alpha value is -0.900. The predicted molar refractivity (Wildman–Crippen MR) is 64.7 cm³/mol. The van der Waals surface area contributed by atoms with Gasteiger partial charge in [0.15, 0.2) is 5.82 Å². The first-order valence-electron chi connectivity index (χ1n) is 6.73. The zero-order valence-corrected chi connectivity index (χ0v) is 10.7. The summed E-state index contributed by atoms with van der Waals surface area (Å²) in [7, 11) is 0. The number of hydrogen-bond donors (Lipinski definition) is 1. The van der Waals surface area contributed by atoms with Gasteiger partial charge in [-0.2, -0.15) is 4.98 Å². The average Bonchev–Trinajstić information content (AvgIpc) is 2.96. The van der Waals surface area contributed by atoms with Gasteiger partial charge in [-0.05, 0) is 31.6 Å². The highest BCUT2D eigenvalue weighted by molar-refractivity contribution is 4.99. The molecule has 0 amide bonds. The van der Waals surface area contributed by atoms with Crippen molar-refractivity contribution in [1.82, 2.24) is 10.1 Å². The minimum Gasteiger partial charge on any atom is -0.393 e. The van der Waals surface area contributed by atoms with Crippen LogP contribution in [0.4, 0.5) is 0 Å². The molecule has 1 aromatic rings. The molecule has 1 saturated carbocycles. The van der Waals surface area contributed by atoms with Gasteiger partial charge < -0.3 is 9.63 Å². The van der Waals surface area contributed by atoms with E-state index in [-0.39, 0.29) is 6.10 Å². The lowest BCUT2D eigenvalue weighted by Crippen LogP contribution is -2.08. The molecule has 0 aromatic carbocycles. The molecule has 1 N–H and O–H groups in total. The molecule has 1 aliphatic rings. The van der Waals surface area contributed by atoms with Gasteiger partial charge in [-0.3, -0.25) is 0 Å². The third-order valence-electron chi connectivity index (χ3n) is 3.85. The number of aromatic nitrogens is 2. The van der Waals surface area contributed by atoms with E-state index in [9.17, 15) is 5.11 Å². The van der Waals surface area contributed by atoms with Crippen LogP contribution in [-0.2, 0) is 6.42 Å². The van der Waals surface area contributed by atoms with Crippen LogP contribution >= 0.6 is 0 Å². The lowest BCUT2D eigenvalue weighted by molar-refractivity contribution is 0.158. The number of hydrogen-bond acceptors (Lipinski definition) is 4. The molecular formula is C13H22N2O2. The van der Waals surface area contributed by atoms with Gasteiger partial charge in [0.1, 0.15) is 0 Å². The van der Waals surface area contributed by atoms with E-state index in [0.29, 0.717) is 18.2 Å². The first kappa shape index (κ1) is 12.6. The molecule has 0 aliphatic heterocycles. The smallest absolute Gasteiger partial charge is 0.229 e. The van der Waals surface area contributed by atoms with Gasteiger partial charge in [0.25, 0.3) is 0 Å². The molecule has 0 spiro atoms. The van der Waals surface area contributed by atoms with Gasteiger partial charge in [-0.1, -0.05) is 25.4 Å². The molecule has 3 atom stereocenters. The van der Waals surface area contributed by atoms with Gasteiger partial charge in [0.2, 0.25) is 5.89 Å². The SMILES string of the molecule is CCC(O)Cc1nc(C2CCC(CC)C2)no1. The van der Waals surface area contributed by atoms with E-state index in [4.69, 9.17) is 4.52 Å². The fraction of sp³-hybridized carbons (Fsp3) is 0.846. The predicted octanol–water partition coefficient (Wildman–Crippen LogP) is 2.68. The standard InChI is InChI=1S/C13H22N2O2/c1-3-9-5-6-10(7-9)13-14-12(17-15-13)8-11(16)4-2/h9-11,16H,3-8H2,1-2H3. The van der Waals surface area contributed by atoms with Gasteiger partial charge in [-0.15, -0.1) is 0 Å². The summed E-state index contributed by atoms with van der Waals surface area (Å²) in [5.74, 6) is 2.72. The second kappa shape index (κ2) is 5.63. The summed E-state index contributed by atoms with van der Waals surface area (Å²) >= 11 is 0. The maximum atomic E-state index is 9.54. The van der Waals surface area contributed by atoms with Crippen LogP contribution in [0.1, 0.15) is 63.6 Å². The van der Waals surface area contributed by atoms with Crippen LogP contribution in [0.5, 0.6) is 0 Å². The second-order valence-corrected chi connectivity index (χ2v) is 5.10. The monoisotopic (exact) mass is 238 g/mol. The van der Waals surface area contributed by atoms with Crippen molar-refractivity contribution in [2.75, 3.05) is 0 Å². The van der Waals surface area contributed by atoms with Crippen molar-refractivity contribution >= 4 is 0 Å². The fourth-order valence-corrected chi connectivity index (χ4v) is 2.54. The highest BCUT2D eigenvalue weighted by Gasteiger charge is 2.28. The Kier molecular flexibility index (Phi) is 4.15. The highest BCUT2D eigenvalue weighted by atomic mass is 16.5. The topological polar surface area (TPSA) is 59.2 Å². The van der Waals surface area contributed by atoms with Crippen LogP contribution in [0.3, 0.4) is 0 Å². The molecule has 0 radical (unpaired) electrons. The zero-order valence-electron chi connectivity index (χ0n) is 10.7. The average molecular weight is 238 g/mol. The molecule has 17 heavy (non-hydrogen) atoms. The highest BCUT2D eigenvalue weighted by Crippen LogP contribution is 2.38. The number of nitrogens with zero attached hydrogens (tertiary/aromatic N) is 2. The molecule has 2 rings (SSSR count). The largest absolute Gasteiger partial charge is 0.393 e. The first-order chi connectivity index (χ1) is 8.22. The van der Waals surface area contributed by atoms with E-state index in [1.165, 1.54) is 25.7 Å². The van der Waals surface area contributed by atoms with Gasteiger partial charge in [0, 0.05) is 5.92 Å². The third-order valence-corrected chi connectivity index (χ3v) is 3.85. The van der Waals surface area contributed by atoms with E-state index in [1.54, 1.807) is 0 Å². The first-order valence-corrected chi connectivity index (χ1v) is 6.73. The molecule has 1 aromatic heterocycles. The van der Waals surface area contributed by atoms with Crippen molar-refractivity contribution in [3.05, 3.63) is 11.7 Å². The molecule has 4 heteroatoms. The van der Waals surface area contributed by atoms with Crippen LogP contribution in [0.2, 0.25) is 0 Å². The van der Waals surface area contributed by atoms with E-state index in [2.05, 4.69) is 17.1 Å². The lowest BCUT2D eigenvalue weighted by Gasteiger charge is -2.04. The summed E-state index contributed by atoms with van der Waals surface area (Å²) in [6.07, 6.45) is 5.72. The summed E-state index contributed by atoms with van der Waals surface area (Å²) in [6, 6.07) is 0. The van der Waals surface area contributed by atoms with Crippen molar-refractivity contribution < 1.29 is 9.63 Å². The summed E-state index contributed by atoms with van der Waals surface area (Å²) < 4.78 is 5.20. The molecule has 1 fully saturated rings. The normalized spacial score (nSPS) is 26.3. The van der Waals surface area contributed by atoms with Crippen LogP contribution in [0, 0.1) is 5.92 Å². The fourth-order valence-electron chi connectivity index (χ4n) is 2.54. The van der Waals surface area contributed by atoms with Crippen LogP contribution in [-0.4, -0.2) is 21.4 Å². The Morgan fingerprint density at radius 3 is 2.88 bits per heavy atom. The number of aliphatic hydroxyl groups is 1. The molecule has 0 saturated heterocycles. The zero-order chi connectivity index (χ0) is 12.3. The molecular weight excluding hydrogens is 216 g/mol. The Balaban J connectivity index is 1.94. The van der Waals surface area contributed by atoms with E-state index >= 15 is 0 Å². The maximum absolute atomic E-state index is 9.54. The summed E-state index contributed by atoms with van der Waals surface area (Å²) in [4.78, 5) is 4.41. The molecule has 0 bridgehead atoms. The maximum Gasteiger partial charge on any atom is 0.229 e. The minimum absolute atomic E-state index is 0.365. The van der Waals surface area contributed by atoms with Gasteiger partial charge in [0.05, 0.1) is 12.5 Å². The summed E-state index contributed by atoms with van der Waals surface area (Å²) in [5, 5.41) is 13.6. The van der Waals surface area contributed by atoms with Crippen molar-refractivity contribution in [2.24, 2.45) is 5.92 Å². The molecule has 4 nitrogen and oxygen atoms in total. The van der Waals surface area contributed by atoms with Crippen LogP contribution < -0.4 is 0 Å². The Morgan fingerprint density at radius 2 is 2.24 bits per heavy atom. The van der Waals surface area contributed by atoms with Crippen LogP contribution in [0.15, 0.2) is 4.52 Å². The van der Waals surface area contributed by atoms with Crippen molar-refractivity contribution in [1.29, 1.82) is 0 Å². The molecule has 3 unspecified atom stereocenters. The molecule has 1 heterocycles. The van der Waals surface area contributed by atoms with Crippen LogP contribution in [0.25, 0.3) is 0 Å². The summed E-state index contributed by atoms with van der Waals surface area (Å²) in [5.41, 5.74) is 0. The van der Waals surface area contributed by atoms with E-state index in [1.807, 2.05) is 6.92 Å². The number of rotatable bonds is 5. The minimum atomic E-state index is -0.365. The van der Waals surface area contributed by atoms with Crippen molar-refractivity contribution in [3.8, 4) is 0 Å². The molecule has 96 valence electrons.